The van der Waals surface area contributed by atoms with Gasteiger partial charge in [0, 0.05) is 37.3 Å². The SMILES string of the molecule is c1ccc(Cc2nnc3n2CC(Nc2ccnc4[nH]ncc24)CC3)cc1. The monoisotopic (exact) mass is 345 g/mol. The second-order valence-electron chi connectivity index (χ2n) is 6.68. The molecule has 26 heavy (non-hydrogen) atoms. The maximum atomic E-state index is 4.44. The summed E-state index contributed by atoms with van der Waals surface area (Å²) in [5.41, 5.74) is 3.13. The standard InChI is InChI=1S/C19H19N7/c1-2-4-13(5-3-1)10-18-24-23-17-7-6-14(12-26(17)18)22-16-8-9-20-19-15(16)11-21-25-19/h1-5,8-9,11,14H,6-7,10,12H2,(H2,20,21,22,25). The van der Waals surface area contributed by atoms with Crippen molar-refractivity contribution in [1.29, 1.82) is 0 Å². The minimum absolute atomic E-state index is 0.327. The van der Waals surface area contributed by atoms with Gasteiger partial charge < -0.3 is 9.88 Å². The summed E-state index contributed by atoms with van der Waals surface area (Å²) >= 11 is 0. The summed E-state index contributed by atoms with van der Waals surface area (Å²) in [6, 6.07) is 12.8. The number of nitrogens with one attached hydrogen (secondary N) is 2. The normalized spacial score (nSPS) is 16.5. The van der Waals surface area contributed by atoms with E-state index in [1.165, 1.54) is 5.56 Å². The van der Waals surface area contributed by atoms with Crippen LogP contribution in [0.25, 0.3) is 11.0 Å². The van der Waals surface area contributed by atoms with Gasteiger partial charge in [-0.1, -0.05) is 30.3 Å². The van der Waals surface area contributed by atoms with Crippen molar-refractivity contribution in [2.45, 2.75) is 31.8 Å². The molecule has 130 valence electrons. The highest BCUT2D eigenvalue weighted by Gasteiger charge is 2.23. The zero-order chi connectivity index (χ0) is 17.3. The van der Waals surface area contributed by atoms with Gasteiger partial charge in [0.05, 0.1) is 11.6 Å². The second kappa shape index (κ2) is 6.25. The zero-order valence-corrected chi connectivity index (χ0v) is 14.3. The molecule has 4 aromatic rings. The summed E-state index contributed by atoms with van der Waals surface area (Å²) in [5.74, 6) is 2.11. The van der Waals surface area contributed by atoms with Crippen LogP contribution in [0.5, 0.6) is 0 Å². The van der Waals surface area contributed by atoms with Crippen LogP contribution in [0.4, 0.5) is 5.69 Å². The Morgan fingerprint density at radius 1 is 1.15 bits per heavy atom. The first kappa shape index (κ1) is 15.1. The molecule has 2 N–H and O–H groups in total. The fourth-order valence-corrected chi connectivity index (χ4v) is 3.61. The van der Waals surface area contributed by atoms with Gasteiger partial charge in [0.2, 0.25) is 0 Å². The summed E-state index contributed by atoms with van der Waals surface area (Å²) < 4.78 is 2.27. The summed E-state index contributed by atoms with van der Waals surface area (Å²) in [6.45, 7) is 0.867. The third-order valence-electron chi connectivity index (χ3n) is 4.94. The molecule has 7 heteroatoms. The first-order valence-corrected chi connectivity index (χ1v) is 8.86. The van der Waals surface area contributed by atoms with E-state index in [4.69, 9.17) is 0 Å². The molecule has 1 aromatic carbocycles. The third-order valence-corrected chi connectivity index (χ3v) is 4.94. The van der Waals surface area contributed by atoms with Gasteiger partial charge in [-0.15, -0.1) is 10.2 Å². The van der Waals surface area contributed by atoms with Crippen LogP contribution in [0.2, 0.25) is 0 Å². The topological polar surface area (TPSA) is 84.3 Å². The molecule has 1 atom stereocenters. The van der Waals surface area contributed by atoms with E-state index in [9.17, 15) is 0 Å². The molecule has 0 saturated heterocycles. The maximum absolute atomic E-state index is 4.44. The van der Waals surface area contributed by atoms with Crippen LogP contribution in [-0.4, -0.2) is 36.0 Å². The van der Waals surface area contributed by atoms with Crippen molar-refractivity contribution in [3.05, 3.63) is 66.0 Å². The zero-order valence-electron chi connectivity index (χ0n) is 14.3. The van der Waals surface area contributed by atoms with E-state index in [-0.39, 0.29) is 0 Å². The van der Waals surface area contributed by atoms with E-state index >= 15 is 0 Å². The Hall–Kier alpha value is -3.22. The molecule has 7 nitrogen and oxygen atoms in total. The Bertz CT molecular complexity index is 1030. The highest BCUT2D eigenvalue weighted by Crippen LogP contribution is 2.24. The molecule has 1 unspecified atom stereocenters. The molecule has 1 aliphatic rings. The fourth-order valence-electron chi connectivity index (χ4n) is 3.61. The van der Waals surface area contributed by atoms with E-state index in [1.807, 2.05) is 18.3 Å². The van der Waals surface area contributed by atoms with Crippen molar-refractivity contribution in [2.24, 2.45) is 0 Å². The predicted octanol–water partition coefficient (Wildman–Crippen LogP) is 2.57. The van der Waals surface area contributed by atoms with Crippen LogP contribution in [0.3, 0.4) is 0 Å². The molecular weight excluding hydrogens is 326 g/mol. The van der Waals surface area contributed by atoms with Gasteiger partial charge in [-0.25, -0.2) is 4.98 Å². The number of pyridine rings is 1. The number of hydrogen-bond acceptors (Lipinski definition) is 5. The third kappa shape index (κ3) is 2.71. The van der Waals surface area contributed by atoms with Crippen LogP contribution in [-0.2, 0) is 19.4 Å². The van der Waals surface area contributed by atoms with Crippen molar-refractivity contribution in [2.75, 3.05) is 5.32 Å². The lowest BCUT2D eigenvalue weighted by atomic mass is 10.1. The molecule has 0 fully saturated rings. The summed E-state index contributed by atoms with van der Waals surface area (Å²) in [7, 11) is 0. The van der Waals surface area contributed by atoms with Crippen molar-refractivity contribution in [1.82, 2.24) is 29.9 Å². The largest absolute Gasteiger partial charge is 0.380 e. The average molecular weight is 345 g/mol. The van der Waals surface area contributed by atoms with Gasteiger partial charge in [0.15, 0.2) is 5.65 Å². The first-order valence-electron chi connectivity index (χ1n) is 8.86. The number of aromatic amines is 1. The number of aromatic nitrogens is 6. The lowest BCUT2D eigenvalue weighted by Crippen LogP contribution is -2.32. The fraction of sp³-hybridized carbons (Fsp3) is 0.263. The maximum Gasteiger partial charge on any atom is 0.157 e. The minimum atomic E-state index is 0.327. The van der Waals surface area contributed by atoms with Gasteiger partial charge in [-0.05, 0) is 18.1 Å². The molecule has 0 radical (unpaired) electrons. The number of hydrogen-bond donors (Lipinski definition) is 2. The Balaban J connectivity index is 1.38. The Labute approximate surface area is 150 Å². The highest BCUT2D eigenvalue weighted by atomic mass is 15.3. The van der Waals surface area contributed by atoms with Crippen molar-refractivity contribution in [3.63, 3.8) is 0 Å². The van der Waals surface area contributed by atoms with E-state index in [0.29, 0.717) is 6.04 Å². The van der Waals surface area contributed by atoms with Gasteiger partial charge in [-0.2, -0.15) is 5.10 Å². The van der Waals surface area contributed by atoms with Crippen LogP contribution in [0.15, 0.2) is 48.8 Å². The van der Waals surface area contributed by atoms with Crippen molar-refractivity contribution < 1.29 is 0 Å². The smallest absolute Gasteiger partial charge is 0.157 e. The average Bonchev–Trinajstić information content (AvgIpc) is 3.31. The van der Waals surface area contributed by atoms with Crippen LogP contribution >= 0.6 is 0 Å². The molecule has 5 rings (SSSR count). The first-order chi connectivity index (χ1) is 12.9. The summed E-state index contributed by atoms with van der Waals surface area (Å²) in [6.07, 6.45) is 6.39. The molecular formula is C19H19N7. The molecule has 4 heterocycles. The van der Waals surface area contributed by atoms with E-state index in [2.05, 4.69) is 59.5 Å². The molecule has 3 aromatic heterocycles. The number of aryl methyl sites for hydroxylation is 1. The van der Waals surface area contributed by atoms with Gasteiger partial charge >= 0.3 is 0 Å². The van der Waals surface area contributed by atoms with Gasteiger partial charge in [0.1, 0.15) is 11.6 Å². The van der Waals surface area contributed by atoms with E-state index in [1.54, 1.807) is 6.20 Å². The minimum Gasteiger partial charge on any atom is -0.380 e. The second-order valence-corrected chi connectivity index (χ2v) is 6.68. The van der Waals surface area contributed by atoms with E-state index in [0.717, 1.165) is 54.2 Å². The quantitative estimate of drug-likeness (QED) is 0.594. The van der Waals surface area contributed by atoms with E-state index < -0.39 is 0 Å². The van der Waals surface area contributed by atoms with Gasteiger partial charge in [0.25, 0.3) is 0 Å². The van der Waals surface area contributed by atoms with Crippen molar-refractivity contribution in [3.8, 4) is 0 Å². The summed E-state index contributed by atoms with van der Waals surface area (Å²) in [4.78, 5) is 4.30. The highest BCUT2D eigenvalue weighted by molar-refractivity contribution is 5.88. The van der Waals surface area contributed by atoms with Crippen LogP contribution in [0.1, 0.15) is 23.6 Å². The number of H-pyrrole nitrogens is 1. The van der Waals surface area contributed by atoms with Gasteiger partial charge in [-0.3, -0.25) is 5.10 Å². The molecule has 0 bridgehead atoms. The van der Waals surface area contributed by atoms with Crippen LogP contribution < -0.4 is 5.32 Å². The Morgan fingerprint density at radius 3 is 3.00 bits per heavy atom. The molecule has 0 saturated carbocycles. The number of fused-ring (bicyclic) bond motifs is 2. The number of anilines is 1. The predicted molar refractivity (Wildman–Crippen MR) is 98.9 cm³/mol. The lowest BCUT2D eigenvalue weighted by Gasteiger charge is -2.26. The number of nitrogens with zero attached hydrogens (tertiary/aromatic N) is 5. The lowest BCUT2D eigenvalue weighted by molar-refractivity contribution is 0.467. The number of rotatable bonds is 4. The van der Waals surface area contributed by atoms with Crippen LogP contribution in [0, 0.1) is 0 Å². The molecule has 0 aliphatic carbocycles. The Kier molecular flexibility index (Phi) is 3.62. The molecule has 1 aliphatic heterocycles. The Morgan fingerprint density at radius 2 is 2.08 bits per heavy atom. The number of benzene rings is 1. The van der Waals surface area contributed by atoms with Crippen molar-refractivity contribution >= 4 is 16.7 Å². The molecule has 0 amide bonds. The molecule has 0 spiro atoms. The summed E-state index contributed by atoms with van der Waals surface area (Å²) in [5, 5.41) is 20.5.